The van der Waals surface area contributed by atoms with Gasteiger partial charge in [0.15, 0.2) is 11.5 Å². The van der Waals surface area contributed by atoms with Crippen molar-refractivity contribution in [2.24, 2.45) is 5.14 Å². The fourth-order valence-electron chi connectivity index (χ4n) is 5.75. The van der Waals surface area contributed by atoms with Crippen molar-refractivity contribution in [1.82, 2.24) is 10.6 Å². The summed E-state index contributed by atoms with van der Waals surface area (Å²) in [6.07, 6.45) is 3.70. The highest BCUT2D eigenvalue weighted by atomic mass is 32.2. The van der Waals surface area contributed by atoms with Crippen molar-refractivity contribution in [1.29, 1.82) is 0 Å². The second-order valence-corrected chi connectivity index (χ2v) is 12.9. The van der Waals surface area contributed by atoms with E-state index in [-0.39, 0.29) is 28.7 Å². The van der Waals surface area contributed by atoms with Crippen LogP contribution in [0.25, 0.3) is 11.1 Å². The maximum atomic E-state index is 13.5. The molecule has 0 saturated carbocycles. The number of aryl methyl sites for hydroxylation is 1. The highest BCUT2D eigenvalue weighted by Gasteiger charge is 2.29. The Hall–Kier alpha value is -4.62. The average molecular weight is 667 g/mol. The average Bonchev–Trinajstić information content (AvgIpc) is 3.28. The lowest BCUT2D eigenvalue weighted by Crippen LogP contribution is -2.26. The third-order valence-corrected chi connectivity index (χ3v) is 8.98. The van der Waals surface area contributed by atoms with Gasteiger partial charge in [-0.2, -0.15) is 0 Å². The van der Waals surface area contributed by atoms with Gasteiger partial charge in [-0.1, -0.05) is 24.6 Å². The smallest absolute Gasteiger partial charge is 0.238 e. The van der Waals surface area contributed by atoms with Crippen LogP contribution in [0.3, 0.4) is 0 Å². The van der Waals surface area contributed by atoms with E-state index in [0.29, 0.717) is 60.7 Å². The normalized spacial score (nSPS) is 13.8. The monoisotopic (exact) mass is 666 g/mol. The second kappa shape index (κ2) is 15.8. The Balaban J connectivity index is 1.42. The van der Waals surface area contributed by atoms with E-state index in [9.17, 15) is 22.8 Å². The maximum Gasteiger partial charge on any atom is 0.238 e. The van der Waals surface area contributed by atoms with Crippen LogP contribution in [-0.4, -0.2) is 48.1 Å². The summed E-state index contributed by atoms with van der Waals surface area (Å²) in [4.78, 5) is 37.9. The summed E-state index contributed by atoms with van der Waals surface area (Å²) in [6, 6.07) is 12.8. The minimum atomic E-state index is -3.76. The van der Waals surface area contributed by atoms with E-state index in [1.807, 2.05) is 12.1 Å². The number of ether oxygens (including phenoxy) is 3. The van der Waals surface area contributed by atoms with Crippen LogP contribution in [0, 0.1) is 0 Å². The quantitative estimate of drug-likeness (QED) is 0.187. The molecule has 0 bridgehead atoms. The van der Waals surface area contributed by atoms with E-state index in [1.165, 1.54) is 19.1 Å². The first-order valence-electron chi connectivity index (χ1n) is 15.4. The fraction of sp³-hybridized carbons (Fsp3) is 0.382. The van der Waals surface area contributed by atoms with Gasteiger partial charge >= 0.3 is 0 Å². The Morgan fingerprint density at radius 1 is 0.936 bits per heavy atom. The highest BCUT2D eigenvalue weighted by molar-refractivity contribution is 7.89. The predicted octanol–water partition coefficient (Wildman–Crippen LogP) is 3.80. The van der Waals surface area contributed by atoms with Gasteiger partial charge in [-0.15, -0.1) is 0 Å². The number of hydrogen-bond acceptors (Lipinski definition) is 9. The number of amides is 2. The summed E-state index contributed by atoms with van der Waals surface area (Å²) in [5.41, 5.74) is 4.16. The molecule has 3 aromatic rings. The van der Waals surface area contributed by atoms with Crippen LogP contribution >= 0.6 is 0 Å². The molecule has 47 heavy (non-hydrogen) atoms. The number of carbonyl (C=O) groups excluding carboxylic acids is 2. The standard InChI is InChI=1S/C34H42N4O8S/c1-21(39)38-27-15-11-23-18-30(44-2)33(45-3)34(46-4)32(23)25-14-16-28(29(40)19-26(25)27)36-17-7-5-6-8-31(41)37-20-22-9-12-24(13-10-22)47(35,42)43/h9-10,12-14,16,18-19,27H,5-8,11,15,17,20H2,1-4H3,(H,36,40)(H,37,41)(H,38,39)(H2,35,42,43). The van der Waals surface area contributed by atoms with Gasteiger partial charge in [-0.05, 0) is 78.3 Å². The van der Waals surface area contributed by atoms with Crippen molar-refractivity contribution < 1.29 is 32.2 Å². The summed E-state index contributed by atoms with van der Waals surface area (Å²) in [6.45, 7) is 2.27. The number of sulfonamides is 1. The van der Waals surface area contributed by atoms with Gasteiger partial charge in [0.2, 0.25) is 33.0 Å². The molecule has 1 aliphatic carbocycles. The number of fused-ring (bicyclic) bond motifs is 3. The summed E-state index contributed by atoms with van der Waals surface area (Å²) in [7, 11) is 0.904. The summed E-state index contributed by atoms with van der Waals surface area (Å²) >= 11 is 0. The number of methoxy groups -OCH3 is 3. The zero-order valence-electron chi connectivity index (χ0n) is 27.1. The second-order valence-electron chi connectivity index (χ2n) is 11.3. The number of rotatable bonds is 14. The predicted molar refractivity (Wildman–Crippen MR) is 179 cm³/mol. The fourth-order valence-corrected chi connectivity index (χ4v) is 6.27. The Morgan fingerprint density at radius 2 is 1.66 bits per heavy atom. The van der Waals surface area contributed by atoms with Crippen LogP contribution in [0.15, 0.2) is 58.2 Å². The van der Waals surface area contributed by atoms with E-state index in [0.717, 1.165) is 35.1 Å². The van der Waals surface area contributed by atoms with Crippen molar-refractivity contribution in [2.75, 3.05) is 33.2 Å². The van der Waals surface area contributed by atoms with E-state index in [4.69, 9.17) is 19.3 Å². The molecule has 0 saturated heterocycles. The number of primary sulfonamides is 1. The number of unbranched alkanes of at least 4 members (excludes halogenated alkanes) is 2. The van der Waals surface area contributed by atoms with Crippen LogP contribution in [-0.2, 0) is 32.6 Å². The number of anilines is 1. The molecule has 0 aromatic heterocycles. The molecule has 3 aromatic carbocycles. The van der Waals surface area contributed by atoms with Crippen molar-refractivity contribution in [3.05, 3.63) is 75.4 Å². The largest absolute Gasteiger partial charge is 0.493 e. The third-order valence-electron chi connectivity index (χ3n) is 8.05. The minimum absolute atomic E-state index is 0.0195. The summed E-state index contributed by atoms with van der Waals surface area (Å²) < 4.78 is 39.8. The SMILES string of the molecule is COc1cc2c(c(OC)c1OC)-c1ccc(NCCCCCC(=O)NCc3ccc(S(N)(=O)=O)cc3)c(=O)cc1C(NC(C)=O)CC2. The number of hydrogen-bond donors (Lipinski definition) is 4. The first-order valence-corrected chi connectivity index (χ1v) is 16.9. The number of carbonyl (C=O) groups is 2. The molecule has 0 spiro atoms. The van der Waals surface area contributed by atoms with E-state index in [2.05, 4.69) is 16.0 Å². The Kier molecular flexibility index (Phi) is 11.8. The third kappa shape index (κ3) is 8.80. The summed E-state index contributed by atoms with van der Waals surface area (Å²) in [5.74, 6) is 1.16. The molecule has 0 heterocycles. The molecule has 1 aliphatic rings. The van der Waals surface area contributed by atoms with Gasteiger partial charge < -0.3 is 30.2 Å². The van der Waals surface area contributed by atoms with Gasteiger partial charge in [0, 0.05) is 32.0 Å². The van der Waals surface area contributed by atoms with Gasteiger partial charge in [0.1, 0.15) is 0 Å². The molecule has 0 fully saturated rings. The molecular formula is C34H42N4O8S. The zero-order valence-corrected chi connectivity index (χ0v) is 27.9. The molecule has 12 nitrogen and oxygen atoms in total. The molecule has 2 amide bonds. The Labute approximate surface area is 275 Å². The molecule has 4 rings (SSSR count). The van der Waals surface area contributed by atoms with Crippen molar-refractivity contribution in [2.45, 2.75) is 62.9 Å². The lowest BCUT2D eigenvalue weighted by molar-refractivity contribution is -0.121. The van der Waals surface area contributed by atoms with Crippen LogP contribution < -0.4 is 40.7 Å². The number of nitrogens with two attached hydrogens (primary N) is 1. The van der Waals surface area contributed by atoms with Gasteiger partial charge in [-0.3, -0.25) is 14.4 Å². The highest BCUT2D eigenvalue weighted by Crippen LogP contribution is 2.50. The minimum Gasteiger partial charge on any atom is -0.493 e. The topological polar surface area (TPSA) is 175 Å². The molecule has 1 atom stereocenters. The van der Waals surface area contributed by atoms with E-state index in [1.54, 1.807) is 45.6 Å². The molecule has 13 heteroatoms. The Morgan fingerprint density at radius 3 is 2.30 bits per heavy atom. The Bertz CT molecular complexity index is 1780. The van der Waals surface area contributed by atoms with Gasteiger partial charge in [0.05, 0.1) is 38.0 Å². The van der Waals surface area contributed by atoms with Crippen molar-refractivity contribution >= 4 is 27.5 Å². The first-order chi connectivity index (χ1) is 22.5. The molecule has 0 radical (unpaired) electrons. The van der Waals surface area contributed by atoms with Crippen LogP contribution in [0.5, 0.6) is 17.2 Å². The number of nitrogens with one attached hydrogen (secondary N) is 3. The lowest BCUT2D eigenvalue weighted by atomic mass is 9.95. The van der Waals surface area contributed by atoms with Crippen molar-refractivity contribution in [3.63, 3.8) is 0 Å². The summed E-state index contributed by atoms with van der Waals surface area (Å²) in [5, 5.41) is 14.2. The van der Waals surface area contributed by atoms with Crippen molar-refractivity contribution in [3.8, 4) is 28.4 Å². The lowest BCUT2D eigenvalue weighted by Gasteiger charge is -2.19. The maximum absolute atomic E-state index is 13.5. The van der Waals surface area contributed by atoms with E-state index >= 15 is 0 Å². The molecule has 252 valence electrons. The van der Waals surface area contributed by atoms with E-state index < -0.39 is 16.1 Å². The van der Waals surface area contributed by atoms with Crippen LogP contribution in [0.4, 0.5) is 5.69 Å². The molecule has 1 unspecified atom stereocenters. The van der Waals surface area contributed by atoms with Crippen LogP contribution in [0.1, 0.15) is 61.8 Å². The van der Waals surface area contributed by atoms with Crippen LogP contribution in [0.2, 0.25) is 0 Å². The number of benzene rings is 2. The van der Waals surface area contributed by atoms with Gasteiger partial charge in [-0.25, -0.2) is 13.6 Å². The molecule has 0 aliphatic heterocycles. The zero-order chi connectivity index (χ0) is 34.1. The van der Waals surface area contributed by atoms with Gasteiger partial charge in [0.25, 0.3) is 0 Å². The first kappa shape index (κ1) is 35.2. The molecule has 5 N–H and O–H groups in total. The molecular weight excluding hydrogens is 624 g/mol.